The number of amides is 2. The second-order valence-corrected chi connectivity index (χ2v) is 7.35. The molecular formula is C13H25N2O4S+. The van der Waals surface area contributed by atoms with Gasteiger partial charge in [-0.1, -0.05) is 6.92 Å². The maximum Gasteiger partial charge on any atom is 0.518 e. The summed E-state index contributed by atoms with van der Waals surface area (Å²) in [5.74, 6) is 0.619. The van der Waals surface area contributed by atoms with Crippen molar-refractivity contribution in [2.45, 2.75) is 59.7 Å². The van der Waals surface area contributed by atoms with Gasteiger partial charge in [-0.05, 0) is 58.2 Å². The van der Waals surface area contributed by atoms with E-state index in [1.165, 1.54) is 11.8 Å². The Bertz CT molecular complexity index is 355. The first-order valence-corrected chi connectivity index (χ1v) is 7.37. The minimum atomic E-state index is -0.842. The number of ether oxygens (including phenoxy) is 2. The Hall–Kier alpha value is -1.24. The Morgan fingerprint density at radius 3 is 1.60 bits per heavy atom. The summed E-state index contributed by atoms with van der Waals surface area (Å²) in [7, 11) is 0. The van der Waals surface area contributed by atoms with Crippen molar-refractivity contribution in [1.82, 2.24) is 4.90 Å². The molecule has 116 valence electrons. The lowest BCUT2D eigenvalue weighted by molar-refractivity contribution is -0.120. The first kappa shape index (κ1) is 18.8. The maximum absolute atomic E-state index is 12.1. The van der Waals surface area contributed by atoms with E-state index in [1.807, 2.05) is 6.92 Å². The number of amidine groups is 1. The Morgan fingerprint density at radius 2 is 1.35 bits per heavy atom. The Balaban J connectivity index is 5.13. The molecule has 0 atom stereocenters. The molecule has 0 aromatic carbocycles. The molecule has 0 heterocycles. The van der Waals surface area contributed by atoms with Crippen LogP contribution in [0.2, 0.25) is 0 Å². The molecule has 0 aromatic rings. The topological polar surface area (TPSA) is 81.4 Å². The van der Waals surface area contributed by atoms with Gasteiger partial charge in [0.15, 0.2) is 0 Å². The van der Waals surface area contributed by atoms with E-state index in [2.05, 4.69) is 0 Å². The minimum Gasteiger partial charge on any atom is -0.425 e. The highest BCUT2D eigenvalue weighted by Gasteiger charge is 2.41. The van der Waals surface area contributed by atoms with E-state index in [9.17, 15) is 9.59 Å². The van der Waals surface area contributed by atoms with Gasteiger partial charge in [-0.3, -0.25) is 5.41 Å². The second kappa shape index (κ2) is 6.97. The molecule has 2 amide bonds. The monoisotopic (exact) mass is 305 g/mol. The van der Waals surface area contributed by atoms with Crippen molar-refractivity contribution < 1.29 is 24.5 Å². The molecule has 0 bridgehead atoms. The van der Waals surface area contributed by atoms with Crippen molar-refractivity contribution in [3.05, 3.63) is 0 Å². The van der Waals surface area contributed by atoms with E-state index >= 15 is 0 Å². The van der Waals surface area contributed by atoms with Gasteiger partial charge in [-0.15, -0.1) is 0 Å². The van der Waals surface area contributed by atoms with Crippen LogP contribution in [0.4, 0.5) is 9.59 Å². The summed E-state index contributed by atoms with van der Waals surface area (Å²) >= 11 is 1.17. The number of thioether (sulfide) groups is 1. The number of nitrogens with zero attached hydrogens (tertiary/aromatic N) is 1. The van der Waals surface area contributed by atoms with Crippen LogP contribution in [-0.2, 0) is 9.47 Å². The summed E-state index contributed by atoms with van der Waals surface area (Å²) in [6.07, 6.45) is -1.68. The summed E-state index contributed by atoms with van der Waals surface area (Å²) < 4.78 is 10.3. The predicted octanol–water partition coefficient (Wildman–Crippen LogP) is 2.03. The van der Waals surface area contributed by atoms with Crippen LogP contribution in [0.1, 0.15) is 48.5 Å². The number of rotatable bonds is 1. The molecule has 0 aliphatic carbocycles. The summed E-state index contributed by atoms with van der Waals surface area (Å²) in [5, 5.41) is 5.81. The molecule has 0 fully saturated rings. The summed E-state index contributed by atoms with van der Waals surface area (Å²) in [6, 6.07) is 0. The molecule has 0 saturated carbocycles. The van der Waals surface area contributed by atoms with Crippen LogP contribution in [0.3, 0.4) is 0 Å². The van der Waals surface area contributed by atoms with Crippen molar-refractivity contribution in [2.75, 3.05) is 5.75 Å². The highest BCUT2D eigenvalue weighted by atomic mass is 32.2. The van der Waals surface area contributed by atoms with Gasteiger partial charge in [-0.2, -0.15) is 9.59 Å². The summed E-state index contributed by atoms with van der Waals surface area (Å²) in [4.78, 5) is 24.9. The van der Waals surface area contributed by atoms with Gasteiger partial charge in [0.2, 0.25) is 0 Å². The smallest absolute Gasteiger partial charge is 0.425 e. The lowest BCUT2D eigenvalue weighted by atomic mass is 10.2. The highest BCUT2D eigenvalue weighted by Crippen LogP contribution is 2.17. The van der Waals surface area contributed by atoms with Gasteiger partial charge in [-0.25, -0.2) is 0 Å². The van der Waals surface area contributed by atoms with E-state index in [0.717, 1.165) is 4.90 Å². The third-order valence-corrected chi connectivity index (χ3v) is 2.43. The van der Waals surface area contributed by atoms with Crippen LogP contribution in [0.15, 0.2) is 0 Å². The van der Waals surface area contributed by atoms with E-state index in [-0.39, 0.29) is 5.17 Å². The maximum atomic E-state index is 12.1. The molecule has 0 radical (unpaired) electrons. The van der Waals surface area contributed by atoms with Gasteiger partial charge in [0.1, 0.15) is 11.2 Å². The third kappa shape index (κ3) is 7.37. The number of carbonyl (C=O) groups excluding carboxylic acids is 2. The fourth-order valence-corrected chi connectivity index (χ4v) is 1.66. The molecule has 0 aliphatic heterocycles. The first-order chi connectivity index (χ1) is 8.87. The molecule has 0 rings (SSSR count). The fraction of sp³-hybridized carbons (Fsp3) is 0.769. The molecule has 20 heavy (non-hydrogen) atoms. The van der Waals surface area contributed by atoms with Gasteiger partial charge in [0, 0.05) is 5.75 Å². The van der Waals surface area contributed by atoms with E-state index in [0.29, 0.717) is 5.75 Å². The lowest BCUT2D eigenvalue weighted by Crippen LogP contribution is -2.56. The van der Waals surface area contributed by atoms with Crippen LogP contribution < -0.4 is 5.41 Å². The molecule has 0 aliphatic rings. The molecule has 0 spiro atoms. The van der Waals surface area contributed by atoms with Gasteiger partial charge in [0.05, 0.1) is 0 Å². The average Bonchev–Trinajstić information content (AvgIpc) is 2.11. The molecule has 0 unspecified atom stereocenters. The number of imide groups is 1. The molecule has 2 N–H and O–H groups in total. The zero-order chi connectivity index (χ0) is 16.1. The van der Waals surface area contributed by atoms with Crippen molar-refractivity contribution in [3.8, 4) is 0 Å². The Kier molecular flexibility index (Phi) is 6.53. The highest BCUT2D eigenvalue weighted by molar-refractivity contribution is 8.13. The number of nitrogens with two attached hydrogens (primary N) is 1. The molecular weight excluding hydrogens is 280 g/mol. The first-order valence-electron chi connectivity index (χ1n) is 6.38. The zero-order valence-corrected chi connectivity index (χ0v) is 14.1. The van der Waals surface area contributed by atoms with Crippen molar-refractivity contribution in [1.29, 1.82) is 0 Å². The van der Waals surface area contributed by atoms with Crippen molar-refractivity contribution in [2.24, 2.45) is 0 Å². The van der Waals surface area contributed by atoms with Crippen LogP contribution >= 0.6 is 11.8 Å². The van der Waals surface area contributed by atoms with E-state index in [4.69, 9.17) is 14.9 Å². The number of carbonyl (C=O) groups is 2. The summed E-state index contributed by atoms with van der Waals surface area (Å²) in [6.45, 7) is 12.1. The molecule has 7 heteroatoms. The van der Waals surface area contributed by atoms with E-state index < -0.39 is 23.4 Å². The second-order valence-electron chi connectivity index (χ2n) is 6.07. The molecule has 6 nitrogen and oxygen atoms in total. The SMILES string of the molecule is CCSC(=[NH2+])N(C(=O)OC(C)(C)C)C(=O)OC(C)(C)C. The van der Waals surface area contributed by atoms with Crippen LogP contribution in [-0.4, -0.2) is 39.2 Å². The standard InChI is InChI=1S/C13H24N2O4S/c1-8-20-9(14)15(10(16)18-12(2,3)4)11(17)19-13(5,6)7/h14H,8H2,1-7H3/p+1. The average molecular weight is 305 g/mol. The van der Waals surface area contributed by atoms with Gasteiger partial charge in [0.25, 0.3) is 0 Å². The lowest BCUT2D eigenvalue weighted by Gasteiger charge is -2.23. The van der Waals surface area contributed by atoms with Crippen molar-refractivity contribution in [3.63, 3.8) is 0 Å². The van der Waals surface area contributed by atoms with Crippen LogP contribution in [0.5, 0.6) is 0 Å². The predicted molar refractivity (Wildman–Crippen MR) is 79.4 cm³/mol. The summed E-state index contributed by atoms with van der Waals surface area (Å²) in [5.41, 5.74) is -1.46. The van der Waals surface area contributed by atoms with Gasteiger partial charge < -0.3 is 9.47 Å². The minimum absolute atomic E-state index is 0.0380. The molecule has 0 aromatic heterocycles. The fourth-order valence-electron chi connectivity index (χ4n) is 1.08. The molecule has 0 saturated heterocycles. The largest absolute Gasteiger partial charge is 0.518 e. The Labute approximate surface area is 124 Å². The zero-order valence-electron chi connectivity index (χ0n) is 13.3. The van der Waals surface area contributed by atoms with E-state index in [1.54, 1.807) is 41.5 Å². The van der Waals surface area contributed by atoms with Gasteiger partial charge >= 0.3 is 17.4 Å². The number of hydrogen-bond acceptors (Lipinski definition) is 5. The van der Waals surface area contributed by atoms with Crippen molar-refractivity contribution >= 4 is 29.1 Å². The Morgan fingerprint density at radius 1 is 1.00 bits per heavy atom. The van der Waals surface area contributed by atoms with Crippen LogP contribution in [0, 0.1) is 0 Å². The third-order valence-electron chi connectivity index (χ3n) is 1.66. The van der Waals surface area contributed by atoms with Crippen LogP contribution in [0.25, 0.3) is 0 Å². The number of hydrogen-bond donors (Lipinski definition) is 1. The quantitative estimate of drug-likeness (QED) is 0.592. The normalized spacial score (nSPS) is 11.8.